The van der Waals surface area contributed by atoms with Gasteiger partial charge >= 0.3 is 10.1 Å². The molecule has 124 valence electrons. The van der Waals surface area contributed by atoms with Crippen molar-refractivity contribution in [3.05, 3.63) is 52.6 Å². The zero-order valence-electron chi connectivity index (χ0n) is 12.8. The Morgan fingerprint density at radius 3 is 2.46 bits per heavy atom. The predicted molar refractivity (Wildman–Crippen MR) is 88.9 cm³/mol. The van der Waals surface area contributed by atoms with Crippen LogP contribution in [0.15, 0.2) is 44.4 Å². The number of aromatic nitrogens is 1. The van der Waals surface area contributed by atoms with E-state index in [-0.39, 0.29) is 10.1 Å². The van der Waals surface area contributed by atoms with Gasteiger partial charge in [-0.05, 0) is 36.0 Å². The first kappa shape index (κ1) is 16.4. The highest BCUT2D eigenvalue weighted by molar-refractivity contribution is 7.89. The van der Waals surface area contributed by atoms with Gasteiger partial charge in [0.25, 0.3) is 5.88 Å². The lowest BCUT2D eigenvalue weighted by molar-refractivity contribution is 0.112. The van der Waals surface area contributed by atoms with Gasteiger partial charge < -0.3 is 8.71 Å². The fraction of sp³-hybridized carbons (Fsp3) is 0.125. The Bertz CT molecular complexity index is 984. The van der Waals surface area contributed by atoms with Gasteiger partial charge in [0.05, 0.1) is 5.56 Å². The molecule has 8 heteroatoms. The topological polar surface area (TPSA) is 86.5 Å². The number of aldehydes is 1. The largest absolute Gasteiger partial charge is 0.358 e. The summed E-state index contributed by atoms with van der Waals surface area (Å²) in [6.45, 7) is 3.34. The van der Waals surface area contributed by atoms with Crippen LogP contribution in [0.2, 0.25) is 0 Å². The van der Waals surface area contributed by atoms with E-state index in [0.717, 1.165) is 17.6 Å². The Kier molecular flexibility index (Phi) is 4.25. The van der Waals surface area contributed by atoms with E-state index in [1.165, 1.54) is 0 Å². The average molecular weight is 363 g/mol. The van der Waals surface area contributed by atoms with E-state index in [1.807, 2.05) is 0 Å². The normalized spacial score (nSPS) is 11.4. The average Bonchev–Trinajstić information content (AvgIpc) is 3.18. The van der Waals surface area contributed by atoms with E-state index in [1.54, 1.807) is 49.6 Å². The summed E-state index contributed by atoms with van der Waals surface area (Å²) < 4.78 is 35.3. The number of hydrogen-bond acceptors (Lipinski definition) is 7. The summed E-state index contributed by atoms with van der Waals surface area (Å²) in [6, 6.07) is 8.33. The summed E-state index contributed by atoms with van der Waals surface area (Å²) >= 11 is 1.05. The Morgan fingerprint density at radius 1 is 1.17 bits per heavy atom. The van der Waals surface area contributed by atoms with Gasteiger partial charge in [-0.3, -0.25) is 4.79 Å². The van der Waals surface area contributed by atoms with Gasteiger partial charge in [-0.2, -0.15) is 8.42 Å². The number of rotatable bonds is 5. The molecule has 0 aliphatic heterocycles. The minimum Gasteiger partial charge on any atom is -0.358 e. The Hall–Kier alpha value is -2.45. The molecule has 0 aliphatic rings. The molecular formula is C16H13NO5S2. The van der Waals surface area contributed by atoms with Crippen molar-refractivity contribution in [2.75, 3.05) is 0 Å². The van der Waals surface area contributed by atoms with E-state index in [0.29, 0.717) is 28.0 Å². The third-order valence-electron chi connectivity index (χ3n) is 3.52. The highest BCUT2D eigenvalue weighted by atomic mass is 32.3. The van der Waals surface area contributed by atoms with Crippen LogP contribution in [-0.4, -0.2) is 19.9 Å². The van der Waals surface area contributed by atoms with Gasteiger partial charge in [0.2, 0.25) is 0 Å². The molecule has 0 fully saturated rings. The molecule has 0 N–H and O–H groups in total. The Morgan fingerprint density at radius 2 is 1.88 bits per heavy atom. The lowest BCUT2D eigenvalue weighted by atomic mass is 10.1. The molecule has 0 radical (unpaired) electrons. The number of benzene rings is 1. The second-order valence-corrected chi connectivity index (χ2v) is 7.73. The maximum absolute atomic E-state index is 12.6. The number of aryl methyl sites for hydroxylation is 1. The molecule has 6 nitrogen and oxygen atoms in total. The Labute approximate surface area is 142 Å². The van der Waals surface area contributed by atoms with Gasteiger partial charge in [0.1, 0.15) is 12.0 Å². The summed E-state index contributed by atoms with van der Waals surface area (Å²) in [5, 5.41) is 5.29. The fourth-order valence-corrected chi connectivity index (χ4v) is 4.34. The maximum atomic E-state index is 12.6. The van der Waals surface area contributed by atoms with Crippen molar-refractivity contribution in [3.8, 4) is 17.0 Å². The van der Waals surface area contributed by atoms with Crippen molar-refractivity contribution < 1.29 is 21.9 Å². The van der Waals surface area contributed by atoms with Crippen LogP contribution in [0.5, 0.6) is 5.88 Å². The molecule has 0 spiro atoms. The van der Waals surface area contributed by atoms with Crippen LogP contribution in [0.25, 0.3) is 11.1 Å². The first-order valence-corrected chi connectivity index (χ1v) is 9.21. The second-order valence-electron chi connectivity index (χ2n) is 5.07. The summed E-state index contributed by atoms with van der Waals surface area (Å²) in [7, 11) is -4.05. The molecular weight excluding hydrogens is 350 g/mol. The molecule has 0 amide bonds. The van der Waals surface area contributed by atoms with Crippen LogP contribution in [0.3, 0.4) is 0 Å². The highest BCUT2D eigenvalue weighted by Gasteiger charge is 2.26. The second kappa shape index (κ2) is 6.21. The number of nitrogens with zero attached hydrogens (tertiary/aromatic N) is 1. The summed E-state index contributed by atoms with van der Waals surface area (Å²) in [5.41, 5.74) is 2.24. The molecule has 24 heavy (non-hydrogen) atoms. The molecule has 3 rings (SSSR count). The van der Waals surface area contributed by atoms with Crippen molar-refractivity contribution in [3.63, 3.8) is 0 Å². The molecule has 0 saturated heterocycles. The molecule has 0 aliphatic carbocycles. The van der Waals surface area contributed by atoms with Crippen LogP contribution in [0, 0.1) is 13.8 Å². The van der Waals surface area contributed by atoms with E-state index < -0.39 is 10.1 Å². The van der Waals surface area contributed by atoms with Gasteiger partial charge in [0.15, 0.2) is 4.21 Å². The lowest BCUT2D eigenvalue weighted by Crippen LogP contribution is -2.10. The molecule has 0 unspecified atom stereocenters. The first-order valence-electron chi connectivity index (χ1n) is 6.93. The maximum Gasteiger partial charge on any atom is 0.351 e. The molecule has 0 saturated carbocycles. The third-order valence-corrected chi connectivity index (χ3v) is 6.18. The summed E-state index contributed by atoms with van der Waals surface area (Å²) in [5.74, 6) is 0.430. The van der Waals surface area contributed by atoms with Crippen LogP contribution in [0.4, 0.5) is 0 Å². The SMILES string of the molecule is Cc1onc(OS(=O)(=O)c2sccc2-c2ccc(C=O)cc2)c1C. The number of thiophene rings is 1. The minimum absolute atomic E-state index is 0.0665. The quantitative estimate of drug-likeness (QED) is 0.508. The van der Waals surface area contributed by atoms with E-state index in [2.05, 4.69) is 5.16 Å². The Balaban J connectivity index is 1.99. The fourth-order valence-electron chi connectivity index (χ4n) is 2.06. The number of carbonyl (C=O) groups excluding carboxylic acids is 1. The van der Waals surface area contributed by atoms with Crippen LogP contribution in [0.1, 0.15) is 21.7 Å². The van der Waals surface area contributed by atoms with Crippen molar-refractivity contribution in [2.24, 2.45) is 0 Å². The van der Waals surface area contributed by atoms with Crippen LogP contribution >= 0.6 is 11.3 Å². The van der Waals surface area contributed by atoms with Crippen LogP contribution in [-0.2, 0) is 10.1 Å². The monoisotopic (exact) mass is 363 g/mol. The third kappa shape index (κ3) is 2.98. The molecule has 0 atom stereocenters. The summed E-state index contributed by atoms with van der Waals surface area (Å²) in [4.78, 5) is 10.7. The van der Waals surface area contributed by atoms with E-state index in [4.69, 9.17) is 8.71 Å². The van der Waals surface area contributed by atoms with Gasteiger partial charge in [0, 0.05) is 11.1 Å². The van der Waals surface area contributed by atoms with Crippen LogP contribution < -0.4 is 4.18 Å². The standard InChI is InChI=1S/C16H13NO5S2/c1-10-11(2)21-17-15(10)22-24(19,20)16-14(7-8-23-16)13-5-3-12(9-18)4-6-13/h3-9H,1-2H3. The molecule has 3 aromatic rings. The molecule has 2 aromatic heterocycles. The summed E-state index contributed by atoms with van der Waals surface area (Å²) in [6.07, 6.45) is 0.730. The van der Waals surface area contributed by atoms with Gasteiger partial charge in [-0.15, -0.1) is 11.3 Å². The first-order chi connectivity index (χ1) is 11.4. The molecule has 0 bridgehead atoms. The smallest absolute Gasteiger partial charge is 0.351 e. The minimum atomic E-state index is -4.05. The van der Waals surface area contributed by atoms with Gasteiger partial charge in [-0.1, -0.05) is 24.3 Å². The molecule has 1 aromatic carbocycles. The van der Waals surface area contributed by atoms with E-state index >= 15 is 0 Å². The van der Waals surface area contributed by atoms with Crippen molar-refractivity contribution >= 4 is 27.7 Å². The van der Waals surface area contributed by atoms with Gasteiger partial charge in [-0.25, -0.2) is 0 Å². The number of carbonyl (C=O) groups is 1. The lowest BCUT2D eigenvalue weighted by Gasteiger charge is -2.06. The number of hydrogen-bond donors (Lipinski definition) is 0. The predicted octanol–water partition coefficient (Wildman–Crippen LogP) is 3.60. The highest BCUT2D eigenvalue weighted by Crippen LogP contribution is 2.34. The van der Waals surface area contributed by atoms with E-state index in [9.17, 15) is 13.2 Å². The zero-order chi connectivity index (χ0) is 17.3. The zero-order valence-corrected chi connectivity index (χ0v) is 14.5. The van der Waals surface area contributed by atoms with Crippen molar-refractivity contribution in [1.29, 1.82) is 0 Å². The molecule has 2 heterocycles. The van der Waals surface area contributed by atoms with Crippen molar-refractivity contribution in [1.82, 2.24) is 5.16 Å². The van der Waals surface area contributed by atoms with Crippen molar-refractivity contribution in [2.45, 2.75) is 18.1 Å².